The van der Waals surface area contributed by atoms with Crippen LogP contribution in [0, 0.1) is 17.3 Å². The van der Waals surface area contributed by atoms with Crippen LogP contribution in [0.25, 0.3) is 0 Å². The number of ether oxygens (including phenoxy) is 1. The maximum Gasteiger partial charge on any atom is 0.155 e. The quantitative estimate of drug-likeness (QED) is 0.479. The molecule has 3 fully saturated rings. The molecule has 5 nitrogen and oxygen atoms in total. The highest BCUT2D eigenvalue weighted by molar-refractivity contribution is 7.92. The van der Waals surface area contributed by atoms with E-state index in [4.69, 9.17) is 4.74 Å². The van der Waals surface area contributed by atoms with Gasteiger partial charge in [-0.3, -0.25) is 0 Å². The van der Waals surface area contributed by atoms with Crippen LogP contribution in [-0.2, 0) is 14.6 Å². The number of allylic oxidation sites excluding steroid dienone is 3. The number of fused-ring (bicyclic) bond motifs is 1. The number of hydrogen-bond donors (Lipinski definition) is 2. The normalized spacial score (nSPS) is 36.1. The van der Waals surface area contributed by atoms with Crippen LogP contribution in [0.15, 0.2) is 35.5 Å². The van der Waals surface area contributed by atoms with Crippen molar-refractivity contribution in [3.05, 3.63) is 35.5 Å². The largest absolute Gasteiger partial charge is 0.393 e. The Kier molecular flexibility index (Phi) is 8.60. The fourth-order valence-corrected chi connectivity index (χ4v) is 7.57. The van der Waals surface area contributed by atoms with Crippen LogP contribution in [-0.4, -0.2) is 54.0 Å². The Hall–Kier alpha value is -0.950. The standard InChI is InChI=1S/C28H46O5S/c1-19-22(17-23(29)18-26(19)30)11-10-21-9-7-14-28(6)24(12-13-25(21)28)20(2)33-15-8-16-34(31,32)27(3,4)5/h10-11,20,23-26,29-30H,1,7-9,12-18H2,2-6H3/b21-10+,22-11-/t20-,23+,24-,25+,26-,28-/m1/s1. The first-order valence-electron chi connectivity index (χ1n) is 13.0. The molecule has 0 aromatic rings. The molecule has 194 valence electrons. The van der Waals surface area contributed by atoms with Crippen molar-refractivity contribution >= 4 is 9.84 Å². The fourth-order valence-electron chi connectivity index (χ4n) is 6.46. The summed E-state index contributed by atoms with van der Waals surface area (Å²) in [5.41, 5.74) is 3.35. The van der Waals surface area contributed by atoms with Crippen molar-refractivity contribution in [2.75, 3.05) is 12.4 Å². The number of sulfone groups is 1. The van der Waals surface area contributed by atoms with Gasteiger partial charge in [-0.05, 0) is 101 Å². The van der Waals surface area contributed by atoms with E-state index in [1.54, 1.807) is 20.8 Å². The second-order valence-corrected chi connectivity index (χ2v) is 14.9. The average molecular weight is 495 g/mol. The number of aliphatic hydroxyl groups is 2. The Balaban J connectivity index is 1.63. The lowest BCUT2D eigenvalue weighted by Crippen LogP contribution is -2.39. The fraction of sp³-hybridized carbons (Fsp3) is 0.786. The van der Waals surface area contributed by atoms with Gasteiger partial charge < -0.3 is 14.9 Å². The molecule has 3 saturated carbocycles. The van der Waals surface area contributed by atoms with Crippen LogP contribution < -0.4 is 0 Å². The van der Waals surface area contributed by atoms with Crippen molar-refractivity contribution in [2.24, 2.45) is 17.3 Å². The molecule has 0 aromatic heterocycles. The Morgan fingerprint density at radius 2 is 1.94 bits per heavy atom. The van der Waals surface area contributed by atoms with Gasteiger partial charge in [-0.1, -0.05) is 31.2 Å². The molecule has 6 atom stereocenters. The molecule has 3 aliphatic carbocycles. The molecule has 0 aromatic carbocycles. The first-order valence-corrected chi connectivity index (χ1v) is 14.7. The molecular formula is C28H46O5S. The van der Waals surface area contributed by atoms with E-state index >= 15 is 0 Å². The molecule has 0 saturated heterocycles. The summed E-state index contributed by atoms with van der Waals surface area (Å²) in [6.45, 7) is 14.4. The zero-order valence-corrected chi connectivity index (χ0v) is 22.7. The van der Waals surface area contributed by atoms with Gasteiger partial charge >= 0.3 is 0 Å². The highest BCUT2D eigenvalue weighted by Gasteiger charge is 2.51. The van der Waals surface area contributed by atoms with Crippen LogP contribution in [0.3, 0.4) is 0 Å². The third kappa shape index (κ3) is 5.88. The summed E-state index contributed by atoms with van der Waals surface area (Å²) in [5, 5.41) is 20.2. The van der Waals surface area contributed by atoms with Crippen LogP contribution in [0.4, 0.5) is 0 Å². The predicted octanol–water partition coefficient (Wildman–Crippen LogP) is 5.14. The molecule has 34 heavy (non-hydrogen) atoms. The van der Waals surface area contributed by atoms with Gasteiger partial charge in [-0.2, -0.15) is 0 Å². The van der Waals surface area contributed by atoms with E-state index in [1.807, 2.05) is 0 Å². The smallest absolute Gasteiger partial charge is 0.155 e. The van der Waals surface area contributed by atoms with Crippen molar-refractivity contribution in [1.29, 1.82) is 0 Å². The Bertz CT molecular complexity index is 910. The summed E-state index contributed by atoms with van der Waals surface area (Å²) < 4.78 is 30.2. The molecule has 0 spiro atoms. The Labute approximate surface area is 207 Å². The van der Waals surface area contributed by atoms with E-state index in [2.05, 4.69) is 32.6 Å². The lowest BCUT2D eigenvalue weighted by atomic mass is 9.62. The van der Waals surface area contributed by atoms with E-state index in [9.17, 15) is 18.6 Å². The molecule has 0 heterocycles. The van der Waals surface area contributed by atoms with Crippen LogP contribution in [0.2, 0.25) is 0 Å². The van der Waals surface area contributed by atoms with Crippen molar-refractivity contribution in [2.45, 2.75) is 109 Å². The molecule has 0 radical (unpaired) electrons. The van der Waals surface area contributed by atoms with Crippen LogP contribution in [0.5, 0.6) is 0 Å². The lowest BCUT2D eigenvalue weighted by molar-refractivity contribution is -0.0244. The zero-order chi connectivity index (χ0) is 25.3. The highest BCUT2D eigenvalue weighted by Crippen LogP contribution is 2.58. The van der Waals surface area contributed by atoms with E-state index in [-0.39, 0.29) is 17.3 Å². The molecule has 3 rings (SSSR count). The van der Waals surface area contributed by atoms with Gasteiger partial charge in [-0.25, -0.2) is 8.42 Å². The SMILES string of the molecule is C=C1/C(=C\C=C2/CCC[C@]3(C)[C@@H]([C@@H](C)OCCCS(=O)(=O)C(C)(C)C)CC[C@@H]23)C[C@H](O)C[C@H]1O. The van der Waals surface area contributed by atoms with Gasteiger partial charge in [0.2, 0.25) is 0 Å². The number of rotatable bonds is 7. The molecule has 0 unspecified atom stereocenters. The van der Waals surface area contributed by atoms with E-state index < -0.39 is 26.8 Å². The summed E-state index contributed by atoms with van der Waals surface area (Å²) >= 11 is 0. The predicted molar refractivity (Wildman–Crippen MR) is 138 cm³/mol. The van der Waals surface area contributed by atoms with Gasteiger partial charge in [0.05, 0.1) is 28.8 Å². The van der Waals surface area contributed by atoms with E-state index in [0.29, 0.717) is 37.7 Å². The van der Waals surface area contributed by atoms with Crippen molar-refractivity contribution in [1.82, 2.24) is 0 Å². The van der Waals surface area contributed by atoms with E-state index in [1.165, 1.54) is 12.0 Å². The molecule has 0 aliphatic heterocycles. The third-order valence-electron chi connectivity index (χ3n) is 8.74. The minimum Gasteiger partial charge on any atom is -0.393 e. The molecule has 0 amide bonds. The molecular weight excluding hydrogens is 448 g/mol. The van der Waals surface area contributed by atoms with Gasteiger partial charge in [0, 0.05) is 13.0 Å². The zero-order valence-electron chi connectivity index (χ0n) is 21.8. The van der Waals surface area contributed by atoms with Crippen LogP contribution >= 0.6 is 0 Å². The summed E-state index contributed by atoms with van der Waals surface area (Å²) in [6.07, 6.45) is 10.4. The summed E-state index contributed by atoms with van der Waals surface area (Å²) in [5.74, 6) is 1.15. The summed E-state index contributed by atoms with van der Waals surface area (Å²) in [6, 6.07) is 0. The number of aliphatic hydroxyl groups excluding tert-OH is 2. The van der Waals surface area contributed by atoms with Crippen molar-refractivity contribution in [3.63, 3.8) is 0 Å². The first kappa shape index (κ1) is 27.6. The monoisotopic (exact) mass is 494 g/mol. The summed E-state index contributed by atoms with van der Waals surface area (Å²) in [7, 11) is -3.11. The highest BCUT2D eigenvalue weighted by atomic mass is 32.2. The van der Waals surface area contributed by atoms with Crippen molar-refractivity contribution < 1.29 is 23.4 Å². The van der Waals surface area contributed by atoms with Gasteiger partial charge in [0.1, 0.15) is 0 Å². The van der Waals surface area contributed by atoms with Gasteiger partial charge in [0.15, 0.2) is 9.84 Å². The second kappa shape index (κ2) is 10.6. The lowest BCUT2D eigenvalue weighted by Gasteiger charge is -2.44. The minimum atomic E-state index is -3.11. The first-order chi connectivity index (χ1) is 15.8. The maximum atomic E-state index is 12.4. The molecule has 6 heteroatoms. The Morgan fingerprint density at radius 1 is 1.24 bits per heavy atom. The molecule has 2 N–H and O–H groups in total. The topological polar surface area (TPSA) is 83.8 Å². The average Bonchev–Trinajstić information content (AvgIpc) is 3.09. The van der Waals surface area contributed by atoms with E-state index in [0.717, 1.165) is 36.8 Å². The molecule has 0 bridgehead atoms. The number of hydrogen-bond acceptors (Lipinski definition) is 5. The van der Waals surface area contributed by atoms with Crippen molar-refractivity contribution in [3.8, 4) is 0 Å². The van der Waals surface area contributed by atoms with Gasteiger partial charge in [0.25, 0.3) is 0 Å². The van der Waals surface area contributed by atoms with Gasteiger partial charge in [-0.15, -0.1) is 0 Å². The molecule has 3 aliphatic rings. The third-order valence-corrected chi connectivity index (χ3v) is 11.4. The minimum absolute atomic E-state index is 0.105. The maximum absolute atomic E-state index is 12.4. The van der Waals surface area contributed by atoms with Crippen LogP contribution in [0.1, 0.15) is 86.0 Å². The summed E-state index contributed by atoms with van der Waals surface area (Å²) in [4.78, 5) is 0. The second-order valence-electron chi connectivity index (χ2n) is 12.0. The Morgan fingerprint density at radius 3 is 2.62 bits per heavy atom.